The lowest BCUT2D eigenvalue weighted by molar-refractivity contribution is 0.0629. The van der Waals surface area contributed by atoms with Crippen LogP contribution < -0.4 is 10.4 Å². The van der Waals surface area contributed by atoms with Crippen LogP contribution in [0, 0.1) is 6.92 Å². The Morgan fingerprint density at radius 2 is 1.81 bits per heavy atom. The first kappa shape index (κ1) is 21.1. The molecule has 0 aliphatic carbocycles. The van der Waals surface area contributed by atoms with Gasteiger partial charge in [0.05, 0.1) is 11.7 Å². The van der Waals surface area contributed by atoms with Gasteiger partial charge in [0.15, 0.2) is 0 Å². The lowest BCUT2D eigenvalue weighted by Gasteiger charge is -2.35. The highest BCUT2D eigenvalue weighted by molar-refractivity contribution is 6.05. The van der Waals surface area contributed by atoms with E-state index in [4.69, 9.17) is 9.15 Å². The molecule has 1 aliphatic rings. The first-order valence-corrected chi connectivity index (χ1v) is 10.7. The fraction of sp³-hybridized carbons (Fsp3) is 0.360. The number of carbonyl (C=O) groups excluding carboxylic acids is 1. The highest BCUT2D eigenvalue weighted by atomic mass is 16.5. The van der Waals surface area contributed by atoms with Crippen molar-refractivity contribution in [2.45, 2.75) is 33.4 Å². The van der Waals surface area contributed by atoms with Gasteiger partial charge in [0.2, 0.25) is 0 Å². The number of hydrogen-bond acceptors (Lipinski definition) is 5. The van der Waals surface area contributed by atoms with Gasteiger partial charge in [-0.15, -0.1) is 0 Å². The second kappa shape index (κ2) is 8.94. The Hall–Kier alpha value is -3.12. The summed E-state index contributed by atoms with van der Waals surface area (Å²) >= 11 is 0. The zero-order valence-electron chi connectivity index (χ0n) is 18.3. The third-order valence-electron chi connectivity index (χ3n) is 5.63. The number of carbonyl (C=O) groups is 1. The molecule has 6 nitrogen and oxygen atoms in total. The van der Waals surface area contributed by atoms with Crippen LogP contribution in [0.1, 0.15) is 35.3 Å². The van der Waals surface area contributed by atoms with Crippen LogP contribution in [0.5, 0.6) is 5.75 Å². The van der Waals surface area contributed by atoms with E-state index >= 15 is 0 Å². The number of ether oxygens (including phenoxy) is 1. The molecule has 2 heterocycles. The van der Waals surface area contributed by atoms with Crippen molar-refractivity contribution in [1.29, 1.82) is 0 Å². The molecule has 4 rings (SSSR count). The summed E-state index contributed by atoms with van der Waals surface area (Å²) in [6.07, 6.45) is 0.00459. The summed E-state index contributed by atoms with van der Waals surface area (Å²) in [6, 6.07) is 15.0. The molecule has 1 aliphatic heterocycles. The molecular formula is C25H28N2O4. The van der Waals surface area contributed by atoms with Crippen LogP contribution in [0.4, 0.5) is 0 Å². The maximum Gasteiger partial charge on any atom is 0.337 e. The topological polar surface area (TPSA) is 63.0 Å². The quantitative estimate of drug-likeness (QED) is 0.587. The van der Waals surface area contributed by atoms with Gasteiger partial charge in [-0.25, -0.2) is 4.79 Å². The monoisotopic (exact) mass is 420 g/mol. The normalized spacial score (nSPS) is 14.9. The highest BCUT2D eigenvalue weighted by Gasteiger charge is 2.24. The molecule has 1 saturated heterocycles. The van der Waals surface area contributed by atoms with Crippen molar-refractivity contribution in [3.63, 3.8) is 0 Å². The summed E-state index contributed by atoms with van der Waals surface area (Å²) in [5.74, 6) is 0.478. The number of rotatable bonds is 5. The molecule has 0 radical (unpaired) electrons. The molecule has 1 aromatic heterocycles. The molecular weight excluding hydrogens is 392 g/mol. The summed E-state index contributed by atoms with van der Waals surface area (Å²) in [7, 11) is 0. The minimum Gasteiger partial charge on any atom is -0.491 e. The largest absolute Gasteiger partial charge is 0.491 e. The molecule has 0 bridgehead atoms. The molecule has 0 atom stereocenters. The molecule has 0 N–H and O–H groups in total. The number of fused-ring (bicyclic) bond motifs is 1. The average Bonchev–Trinajstić information content (AvgIpc) is 2.74. The van der Waals surface area contributed by atoms with Crippen molar-refractivity contribution in [2.75, 3.05) is 26.2 Å². The smallest absolute Gasteiger partial charge is 0.337 e. The van der Waals surface area contributed by atoms with Gasteiger partial charge < -0.3 is 14.1 Å². The van der Waals surface area contributed by atoms with E-state index in [0.717, 1.165) is 19.6 Å². The van der Waals surface area contributed by atoms with Crippen LogP contribution >= 0.6 is 0 Å². The average molecular weight is 421 g/mol. The number of hydrogen-bond donors (Lipinski definition) is 0. The fourth-order valence-corrected chi connectivity index (χ4v) is 3.97. The van der Waals surface area contributed by atoms with Crippen LogP contribution in [-0.4, -0.2) is 48.0 Å². The van der Waals surface area contributed by atoms with E-state index in [-0.39, 0.29) is 12.0 Å². The van der Waals surface area contributed by atoms with Crippen LogP contribution in [0.2, 0.25) is 0 Å². The molecule has 0 unspecified atom stereocenters. The Morgan fingerprint density at radius 3 is 2.52 bits per heavy atom. The van der Waals surface area contributed by atoms with Crippen LogP contribution in [0.15, 0.2) is 57.7 Å². The van der Waals surface area contributed by atoms with Crippen LogP contribution in [-0.2, 0) is 6.54 Å². The van der Waals surface area contributed by atoms with Gasteiger partial charge in [-0.1, -0.05) is 24.3 Å². The maximum atomic E-state index is 13.2. The highest BCUT2D eigenvalue weighted by Crippen LogP contribution is 2.25. The zero-order valence-corrected chi connectivity index (χ0v) is 18.3. The first-order valence-electron chi connectivity index (χ1n) is 10.7. The predicted octanol–water partition coefficient (Wildman–Crippen LogP) is 3.85. The second-order valence-corrected chi connectivity index (χ2v) is 8.30. The summed E-state index contributed by atoms with van der Waals surface area (Å²) in [6.45, 7) is 9.71. The predicted molar refractivity (Wildman–Crippen MR) is 121 cm³/mol. The summed E-state index contributed by atoms with van der Waals surface area (Å²) in [5.41, 5.74) is 2.82. The maximum absolute atomic E-state index is 13.2. The lowest BCUT2D eigenvalue weighted by Crippen LogP contribution is -2.48. The summed E-state index contributed by atoms with van der Waals surface area (Å²) < 4.78 is 11.0. The number of amides is 1. The van der Waals surface area contributed by atoms with E-state index in [1.807, 2.05) is 24.8 Å². The van der Waals surface area contributed by atoms with E-state index < -0.39 is 5.63 Å². The van der Waals surface area contributed by atoms with Gasteiger partial charge >= 0.3 is 5.63 Å². The number of nitrogens with zero attached hydrogens (tertiary/aromatic N) is 2. The van der Waals surface area contributed by atoms with Gasteiger partial charge in [0.25, 0.3) is 5.91 Å². The Labute approximate surface area is 182 Å². The molecule has 1 fully saturated rings. The molecule has 3 aromatic rings. The zero-order chi connectivity index (χ0) is 22.0. The van der Waals surface area contributed by atoms with Crippen molar-refractivity contribution in [3.8, 4) is 5.75 Å². The van der Waals surface area contributed by atoms with Gasteiger partial charge in [0, 0.05) is 50.2 Å². The van der Waals surface area contributed by atoms with Gasteiger partial charge in [-0.2, -0.15) is 0 Å². The SMILES string of the molecule is Cc1ccccc1CN1CCN(C(=O)c2cc(=O)oc3cc(OC(C)C)ccc23)CC1. The third-order valence-corrected chi connectivity index (χ3v) is 5.63. The van der Waals surface area contributed by atoms with Crippen molar-refractivity contribution in [2.24, 2.45) is 0 Å². The Kier molecular flexibility index (Phi) is 6.09. The number of benzene rings is 2. The third kappa shape index (κ3) is 4.80. The molecule has 1 amide bonds. The van der Waals surface area contributed by atoms with Gasteiger partial charge in [0.1, 0.15) is 11.3 Å². The van der Waals surface area contributed by atoms with Crippen molar-refractivity contribution in [1.82, 2.24) is 9.80 Å². The molecule has 31 heavy (non-hydrogen) atoms. The van der Waals surface area contributed by atoms with E-state index in [2.05, 4.69) is 30.0 Å². The minimum absolute atomic E-state index is 0.00459. The fourth-order valence-electron chi connectivity index (χ4n) is 3.97. The van der Waals surface area contributed by atoms with E-state index in [9.17, 15) is 9.59 Å². The Balaban J connectivity index is 1.49. The number of aryl methyl sites for hydroxylation is 1. The Morgan fingerprint density at radius 1 is 1.06 bits per heavy atom. The van der Waals surface area contributed by atoms with Crippen LogP contribution in [0.3, 0.4) is 0 Å². The van der Waals surface area contributed by atoms with Crippen molar-refractivity contribution < 1.29 is 13.9 Å². The minimum atomic E-state index is -0.532. The van der Waals surface area contributed by atoms with Crippen molar-refractivity contribution >= 4 is 16.9 Å². The second-order valence-electron chi connectivity index (χ2n) is 8.30. The van der Waals surface area contributed by atoms with E-state index in [1.165, 1.54) is 17.2 Å². The van der Waals surface area contributed by atoms with Crippen LogP contribution in [0.25, 0.3) is 11.0 Å². The lowest BCUT2D eigenvalue weighted by atomic mass is 10.1. The van der Waals surface area contributed by atoms with Crippen molar-refractivity contribution in [3.05, 3.63) is 75.6 Å². The molecule has 162 valence electrons. The van der Waals surface area contributed by atoms with E-state index in [0.29, 0.717) is 35.4 Å². The van der Waals surface area contributed by atoms with Gasteiger partial charge in [-0.05, 0) is 44.0 Å². The standard InChI is InChI=1S/C25H28N2O4/c1-17(2)30-20-8-9-21-22(15-24(28)31-23(21)14-20)25(29)27-12-10-26(11-13-27)16-19-7-5-4-6-18(19)3/h4-9,14-15,17H,10-13,16H2,1-3H3. The molecule has 0 saturated carbocycles. The van der Waals surface area contributed by atoms with Gasteiger partial charge in [-0.3, -0.25) is 9.69 Å². The Bertz CT molecular complexity index is 1140. The first-order chi connectivity index (χ1) is 14.9. The molecule has 0 spiro atoms. The summed E-state index contributed by atoms with van der Waals surface area (Å²) in [4.78, 5) is 29.5. The summed E-state index contributed by atoms with van der Waals surface area (Å²) in [5, 5.41) is 0.628. The molecule has 6 heteroatoms. The number of piperazine rings is 1. The molecule has 2 aromatic carbocycles. The van der Waals surface area contributed by atoms with E-state index in [1.54, 1.807) is 18.2 Å².